The van der Waals surface area contributed by atoms with Gasteiger partial charge in [0.2, 0.25) is 0 Å². The van der Waals surface area contributed by atoms with Crippen LogP contribution < -0.4 is 4.74 Å². The predicted octanol–water partition coefficient (Wildman–Crippen LogP) is 1.42. The molecule has 1 N–H and O–H groups in total. The van der Waals surface area contributed by atoms with Crippen molar-refractivity contribution in [1.29, 1.82) is 0 Å². The first-order valence-electron chi connectivity index (χ1n) is 3.95. The minimum atomic E-state index is -0.332. The quantitative estimate of drug-likeness (QED) is 0.734. The SMILES string of the molecule is COc1c[c]ccc1CC(C)O. The van der Waals surface area contributed by atoms with Gasteiger partial charge >= 0.3 is 0 Å². The third-order valence-corrected chi connectivity index (χ3v) is 1.65. The van der Waals surface area contributed by atoms with E-state index in [9.17, 15) is 0 Å². The van der Waals surface area contributed by atoms with Gasteiger partial charge in [-0.15, -0.1) is 0 Å². The van der Waals surface area contributed by atoms with Gasteiger partial charge in [0.1, 0.15) is 5.75 Å². The monoisotopic (exact) mass is 165 g/mol. The molecular formula is C10H13O2. The van der Waals surface area contributed by atoms with Crippen LogP contribution in [-0.4, -0.2) is 18.3 Å². The summed E-state index contributed by atoms with van der Waals surface area (Å²) in [5, 5.41) is 9.16. The molecule has 0 saturated heterocycles. The van der Waals surface area contributed by atoms with Gasteiger partial charge in [-0.25, -0.2) is 0 Å². The molecule has 0 aliphatic heterocycles. The standard InChI is InChI=1S/C10H13O2/c1-8(11)7-9-5-3-4-6-10(9)12-2/h3,5-6,8,11H,7H2,1-2H3. The van der Waals surface area contributed by atoms with E-state index in [1.54, 1.807) is 20.1 Å². The molecule has 1 radical (unpaired) electrons. The lowest BCUT2D eigenvalue weighted by Crippen LogP contribution is -2.05. The number of hydrogen-bond donors (Lipinski definition) is 1. The third-order valence-electron chi connectivity index (χ3n) is 1.65. The Labute approximate surface area is 72.8 Å². The van der Waals surface area contributed by atoms with Gasteiger partial charge in [0.15, 0.2) is 0 Å². The fourth-order valence-corrected chi connectivity index (χ4v) is 1.12. The van der Waals surface area contributed by atoms with Crippen molar-refractivity contribution in [2.24, 2.45) is 0 Å². The zero-order chi connectivity index (χ0) is 8.97. The van der Waals surface area contributed by atoms with Gasteiger partial charge in [-0.1, -0.05) is 12.1 Å². The van der Waals surface area contributed by atoms with E-state index in [-0.39, 0.29) is 6.10 Å². The van der Waals surface area contributed by atoms with Gasteiger partial charge in [0.25, 0.3) is 0 Å². The molecule has 0 spiro atoms. The summed E-state index contributed by atoms with van der Waals surface area (Å²) in [7, 11) is 1.62. The lowest BCUT2D eigenvalue weighted by molar-refractivity contribution is 0.194. The maximum Gasteiger partial charge on any atom is 0.122 e. The number of rotatable bonds is 3. The Bertz CT molecular complexity index is 243. The fraction of sp³-hybridized carbons (Fsp3) is 0.400. The minimum absolute atomic E-state index is 0.332. The summed E-state index contributed by atoms with van der Waals surface area (Å²) in [4.78, 5) is 0. The van der Waals surface area contributed by atoms with Crippen LogP contribution in [0.1, 0.15) is 12.5 Å². The summed E-state index contributed by atoms with van der Waals surface area (Å²) in [6.07, 6.45) is 0.291. The Kier molecular flexibility index (Phi) is 3.11. The normalized spacial score (nSPS) is 12.6. The molecule has 1 aromatic carbocycles. The summed E-state index contributed by atoms with van der Waals surface area (Å²) < 4.78 is 5.10. The smallest absolute Gasteiger partial charge is 0.122 e. The molecule has 65 valence electrons. The molecule has 0 saturated carbocycles. The lowest BCUT2D eigenvalue weighted by atomic mass is 10.1. The Morgan fingerprint density at radius 3 is 3.00 bits per heavy atom. The van der Waals surface area contributed by atoms with Gasteiger partial charge in [-0.05, 0) is 24.6 Å². The van der Waals surface area contributed by atoms with Crippen LogP contribution in [0.3, 0.4) is 0 Å². The Hall–Kier alpha value is -1.02. The topological polar surface area (TPSA) is 29.5 Å². The van der Waals surface area contributed by atoms with Crippen LogP contribution in [0.5, 0.6) is 5.75 Å². The van der Waals surface area contributed by atoms with Crippen LogP contribution in [0.25, 0.3) is 0 Å². The van der Waals surface area contributed by atoms with Crippen LogP contribution in [0.2, 0.25) is 0 Å². The minimum Gasteiger partial charge on any atom is -0.496 e. The number of ether oxygens (including phenoxy) is 1. The van der Waals surface area contributed by atoms with Crippen LogP contribution in [-0.2, 0) is 6.42 Å². The van der Waals surface area contributed by atoms with Gasteiger partial charge in [0, 0.05) is 6.42 Å². The van der Waals surface area contributed by atoms with Crippen molar-refractivity contribution in [1.82, 2.24) is 0 Å². The van der Waals surface area contributed by atoms with Gasteiger partial charge < -0.3 is 9.84 Å². The van der Waals surface area contributed by atoms with Crippen molar-refractivity contribution >= 4 is 0 Å². The Morgan fingerprint density at radius 2 is 2.42 bits per heavy atom. The predicted molar refractivity (Wildman–Crippen MR) is 47.2 cm³/mol. The average molecular weight is 165 g/mol. The molecule has 0 heterocycles. The molecule has 0 aliphatic rings. The molecule has 1 aromatic rings. The van der Waals surface area contributed by atoms with E-state index in [0.717, 1.165) is 11.3 Å². The number of benzene rings is 1. The van der Waals surface area contributed by atoms with Crippen LogP contribution >= 0.6 is 0 Å². The first-order valence-corrected chi connectivity index (χ1v) is 3.95. The van der Waals surface area contributed by atoms with E-state index in [2.05, 4.69) is 6.07 Å². The molecule has 0 aromatic heterocycles. The molecule has 0 bridgehead atoms. The second-order valence-corrected chi connectivity index (χ2v) is 2.79. The summed E-state index contributed by atoms with van der Waals surface area (Å²) in [5.41, 5.74) is 1.02. The maximum absolute atomic E-state index is 9.16. The van der Waals surface area contributed by atoms with E-state index in [4.69, 9.17) is 9.84 Å². The first kappa shape index (κ1) is 9.07. The van der Waals surface area contributed by atoms with Gasteiger partial charge in [0.05, 0.1) is 13.2 Å². The van der Waals surface area contributed by atoms with Crippen LogP contribution in [0.4, 0.5) is 0 Å². The van der Waals surface area contributed by atoms with E-state index < -0.39 is 0 Å². The van der Waals surface area contributed by atoms with Crippen LogP contribution in [0.15, 0.2) is 18.2 Å². The van der Waals surface area contributed by atoms with E-state index in [1.165, 1.54) is 0 Å². The number of methoxy groups -OCH3 is 1. The molecule has 1 unspecified atom stereocenters. The number of aliphatic hydroxyl groups is 1. The van der Waals surface area contributed by atoms with Crippen LogP contribution in [0, 0.1) is 6.07 Å². The molecule has 0 aliphatic carbocycles. The third kappa shape index (κ3) is 2.24. The summed E-state index contributed by atoms with van der Waals surface area (Å²) >= 11 is 0. The van der Waals surface area contributed by atoms with Crippen molar-refractivity contribution in [2.75, 3.05) is 7.11 Å². The summed E-state index contributed by atoms with van der Waals surface area (Å²) in [5.74, 6) is 0.790. The molecule has 0 fully saturated rings. The zero-order valence-electron chi connectivity index (χ0n) is 7.37. The van der Waals surface area contributed by atoms with E-state index in [0.29, 0.717) is 6.42 Å². The van der Waals surface area contributed by atoms with E-state index >= 15 is 0 Å². The highest BCUT2D eigenvalue weighted by atomic mass is 16.5. The van der Waals surface area contributed by atoms with Crippen molar-refractivity contribution in [2.45, 2.75) is 19.4 Å². The van der Waals surface area contributed by atoms with Gasteiger partial charge in [-0.2, -0.15) is 0 Å². The molecule has 1 atom stereocenters. The molecule has 1 rings (SSSR count). The average Bonchev–Trinajstić information content (AvgIpc) is 2.04. The van der Waals surface area contributed by atoms with Crippen molar-refractivity contribution in [3.05, 3.63) is 29.8 Å². The largest absolute Gasteiger partial charge is 0.496 e. The highest BCUT2D eigenvalue weighted by molar-refractivity contribution is 5.32. The summed E-state index contributed by atoms with van der Waals surface area (Å²) in [6.45, 7) is 1.76. The Morgan fingerprint density at radius 1 is 1.67 bits per heavy atom. The second-order valence-electron chi connectivity index (χ2n) is 2.79. The lowest BCUT2D eigenvalue weighted by Gasteiger charge is -2.08. The molecule has 0 amide bonds. The molecule has 2 nitrogen and oxygen atoms in total. The second kappa shape index (κ2) is 4.12. The highest BCUT2D eigenvalue weighted by Crippen LogP contribution is 2.18. The molecular weight excluding hydrogens is 152 g/mol. The molecule has 2 heteroatoms. The Balaban J connectivity index is 2.82. The number of aliphatic hydroxyl groups excluding tert-OH is 1. The highest BCUT2D eigenvalue weighted by Gasteiger charge is 2.03. The molecule has 12 heavy (non-hydrogen) atoms. The van der Waals surface area contributed by atoms with Crippen molar-refractivity contribution in [3.8, 4) is 5.75 Å². The van der Waals surface area contributed by atoms with Crippen molar-refractivity contribution < 1.29 is 9.84 Å². The van der Waals surface area contributed by atoms with E-state index in [1.807, 2.05) is 12.1 Å². The van der Waals surface area contributed by atoms with Crippen molar-refractivity contribution in [3.63, 3.8) is 0 Å². The van der Waals surface area contributed by atoms with Gasteiger partial charge in [-0.3, -0.25) is 0 Å². The number of hydrogen-bond acceptors (Lipinski definition) is 2. The first-order chi connectivity index (χ1) is 5.74. The summed E-state index contributed by atoms with van der Waals surface area (Å²) in [6, 6.07) is 8.42. The maximum atomic E-state index is 9.16. The fourth-order valence-electron chi connectivity index (χ4n) is 1.12. The zero-order valence-corrected chi connectivity index (χ0v) is 7.37.